The van der Waals surface area contributed by atoms with Gasteiger partial charge in [-0.15, -0.1) is 0 Å². The highest BCUT2D eigenvalue weighted by molar-refractivity contribution is 7.80. The van der Waals surface area contributed by atoms with Gasteiger partial charge in [-0.1, -0.05) is 0 Å². The molecule has 0 spiro atoms. The number of nitrogens with one attached hydrogen (secondary N) is 2. The van der Waals surface area contributed by atoms with E-state index in [0.29, 0.717) is 17.5 Å². The Morgan fingerprint density at radius 1 is 1.25 bits per heavy atom. The zero-order valence-corrected chi connectivity index (χ0v) is 18.0. The molecule has 1 heterocycles. The highest BCUT2D eigenvalue weighted by Crippen LogP contribution is 2.30. The van der Waals surface area contributed by atoms with Gasteiger partial charge in [-0.05, 0) is 58.2 Å². The van der Waals surface area contributed by atoms with Gasteiger partial charge < -0.3 is 29.6 Å². The van der Waals surface area contributed by atoms with Crippen molar-refractivity contribution < 1.29 is 9.47 Å². The fourth-order valence-corrected chi connectivity index (χ4v) is 2.90. The van der Waals surface area contributed by atoms with E-state index in [1.165, 1.54) is 0 Å². The van der Waals surface area contributed by atoms with Gasteiger partial charge in [-0.3, -0.25) is 0 Å². The maximum atomic E-state index is 5.83. The van der Waals surface area contributed by atoms with Crippen LogP contribution in [-0.2, 0) is 6.54 Å². The number of hydrogen-bond acceptors (Lipinski definition) is 5. The van der Waals surface area contributed by atoms with Gasteiger partial charge in [0.05, 0.1) is 20.0 Å². The summed E-state index contributed by atoms with van der Waals surface area (Å²) in [6.07, 6.45) is 5.63. The first kappa shape index (κ1) is 22.0. The molecular weight excluding hydrogens is 374 g/mol. The van der Waals surface area contributed by atoms with Gasteiger partial charge in [0.2, 0.25) is 0 Å². The predicted molar refractivity (Wildman–Crippen MR) is 117 cm³/mol. The molecule has 0 saturated heterocycles. The Morgan fingerprint density at radius 2 is 2.07 bits per heavy atom. The lowest BCUT2D eigenvalue weighted by atomic mass is 10.2. The first-order chi connectivity index (χ1) is 13.5. The molecule has 7 nitrogen and oxygen atoms in total. The van der Waals surface area contributed by atoms with E-state index in [4.69, 9.17) is 21.7 Å². The van der Waals surface area contributed by atoms with E-state index < -0.39 is 0 Å². The van der Waals surface area contributed by atoms with Crippen LogP contribution in [-0.4, -0.2) is 60.5 Å². The largest absolute Gasteiger partial charge is 0.493 e. The molecule has 2 aromatic rings. The Hall–Kier alpha value is -2.32. The number of nitrogens with zero attached hydrogens (tertiary/aromatic N) is 3. The normalized spacial score (nSPS) is 10.8. The summed E-state index contributed by atoms with van der Waals surface area (Å²) in [4.78, 5) is 6.26. The number of benzene rings is 1. The summed E-state index contributed by atoms with van der Waals surface area (Å²) in [7, 11) is 5.74. The molecule has 0 radical (unpaired) electrons. The van der Waals surface area contributed by atoms with E-state index in [-0.39, 0.29) is 0 Å². The lowest BCUT2D eigenvalue weighted by molar-refractivity contribution is 0.268. The van der Waals surface area contributed by atoms with Crippen LogP contribution in [0.4, 0.5) is 5.69 Å². The molecule has 0 fully saturated rings. The molecule has 8 heteroatoms. The number of methoxy groups -OCH3 is 1. The summed E-state index contributed by atoms with van der Waals surface area (Å²) >= 11 is 5.38. The maximum Gasteiger partial charge on any atom is 0.170 e. The van der Waals surface area contributed by atoms with Crippen molar-refractivity contribution in [2.45, 2.75) is 26.3 Å². The summed E-state index contributed by atoms with van der Waals surface area (Å²) < 4.78 is 13.4. The highest BCUT2D eigenvalue weighted by atomic mass is 32.1. The predicted octanol–water partition coefficient (Wildman–Crippen LogP) is 2.91. The first-order valence-corrected chi connectivity index (χ1v) is 9.87. The second-order valence-electron chi connectivity index (χ2n) is 6.83. The Balaban J connectivity index is 1.76. The molecule has 0 bridgehead atoms. The SMILES string of the molecule is COc1cc(NC(=S)NCCCn2cncc2C)ccc1OCCCN(C)C. The maximum absolute atomic E-state index is 5.83. The molecule has 28 heavy (non-hydrogen) atoms. The van der Waals surface area contributed by atoms with Crippen molar-refractivity contribution in [3.63, 3.8) is 0 Å². The van der Waals surface area contributed by atoms with Gasteiger partial charge in [-0.2, -0.15) is 0 Å². The minimum Gasteiger partial charge on any atom is -0.493 e. The Labute approximate surface area is 173 Å². The molecule has 0 saturated carbocycles. The molecule has 0 atom stereocenters. The number of rotatable bonds is 11. The van der Waals surface area contributed by atoms with E-state index in [1.54, 1.807) is 7.11 Å². The topological polar surface area (TPSA) is 63.6 Å². The van der Waals surface area contributed by atoms with Gasteiger partial charge in [-0.25, -0.2) is 4.98 Å². The van der Waals surface area contributed by atoms with Crippen molar-refractivity contribution in [3.8, 4) is 11.5 Å². The smallest absolute Gasteiger partial charge is 0.170 e. The van der Waals surface area contributed by atoms with Crippen molar-refractivity contribution in [2.24, 2.45) is 0 Å². The van der Waals surface area contributed by atoms with Crippen molar-refractivity contribution in [2.75, 3.05) is 46.2 Å². The van der Waals surface area contributed by atoms with Crippen LogP contribution in [0.1, 0.15) is 18.5 Å². The summed E-state index contributed by atoms with van der Waals surface area (Å²) in [5.74, 6) is 1.43. The lowest BCUT2D eigenvalue weighted by Crippen LogP contribution is -2.29. The van der Waals surface area contributed by atoms with E-state index in [0.717, 1.165) is 49.6 Å². The number of ether oxygens (including phenoxy) is 2. The zero-order valence-electron chi connectivity index (χ0n) is 17.2. The van der Waals surface area contributed by atoms with Crippen molar-refractivity contribution in [1.29, 1.82) is 0 Å². The average molecular weight is 406 g/mol. The number of hydrogen-bond donors (Lipinski definition) is 2. The molecule has 0 aliphatic heterocycles. The molecule has 0 aliphatic carbocycles. The van der Waals surface area contributed by atoms with Gasteiger partial charge in [0.15, 0.2) is 16.6 Å². The Morgan fingerprint density at radius 3 is 2.75 bits per heavy atom. The molecule has 2 rings (SSSR count). The Kier molecular flexibility index (Phi) is 9.03. The number of anilines is 1. The summed E-state index contributed by atoms with van der Waals surface area (Å²) in [5, 5.41) is 7.00. The average Bonchev–Trinajstić information content (AvgIpc) is 3.07. The molecular formula is C20H31N5O2S. The number of aryl methyl sites for hydroxylation is 2. The van der Waals surface area contributed by atoms with Crippen molar-refractivity contribution >= 4 is 23.0 Å². The zero-order chi connectivity index (χ0) is 20.4. The van der Waals surface area contributed by atoms with Crippen molar-refractivity contribution in [3.05, 3.63) is 36.4 Å². The van der Waals surface area contributed by atoms with E-state index >= 15 is 0 Å². The van der Waals surface area contributed by atoms with Gasteiger partial charge in [0, 0.05) is 43.3 Å². The van der Waals surface area contributed by atoms with Crippen LogP contribution in [0, 0.1) is 6.92 Å². The Bertz CT molecular complexity index is 748. The molecule has 0 aliphatic rings. The molecule has 2 N–H and O–H groups in total. The van der Waals surface area contributed by atoms with Gasteiger partial charge in [0.1, 0.15) is 0 Å². The third-order valence-corrected chi connectivity index (χ3v) is 4.46. The van der Waals surface area contributed by atoms with Gasteiger partial charge in [0.25, 0.3) is 0 Å². The van der Waals surface area contributed by atoms with Crippen LogP contribution < -0.4 is 20.1 Å². The second-order valence-corrected chi connectivity index (χ2v) is 7.24. The summed E-state index contributed by atoms with van der Waals surface area (Å²) in [5.41, 5.74) is 2.03. The van der Waals surface area contributed by atoms with Crippen LogP contribution >= 0.6 is 12.2 Å². The monoisotopic (exact) mass is 405 g/mol. The fourth-order valence-electron chi connectivity index (χ4n) is 2.68. The third-order valence-electron chi connectivity index (χ3n) is 4.21. The standard InChI is InChI=1S/C20H31N5O2S/c1-16-14-21-15-25(16)11-5-9-22-20(28)23-17-7-8-18(19(13-17)26-4)27-12-6-10-24(2)3/h7-8,13-15H,5-6,9-12H2,1-4H3,(H2,22,23,28). The first-order valence-electron chi connectivity index (χ1n) is 9.46. The third kappa shape index (κ3) is 7.36. The minimum absolute atomic E-state index is 0.587. The van der Waals surface area contributed by atoms with Gasteiger partial charge >= 0.3 is 0 Å². The van der Waals surface area contributed by atoms with E-state index in [1.807, 2.05) is 30.7 Å². The second kappa shape index (κ2) is 11.5. The van der Waals surface area contributed by atoms with Crippen LogP contribution in [0.15, 0.2) is 30.7 Å². The van der Waals surface area contributed by atoms with Crippen LogP contribution in [0.3, 0.4) is 0 Å². The quantitative estimate of drug-likeness (QED) is 0.440. The fraction of sp³-hybridized carbons (Fsp3) is 0.500. The number of thiocarbonyl (C=S) groups is 1. The molecule has 154 valence electrons. The summed E-state index contributed by atoms with van der Waals surface area (Å²) in [6, 6.07) is 5.73. The lowest BCUT2D eigenvalue weighted by Gasteiger charge is -2.15. The van der Waals surface area contributed by atoms with Crippen LogP contribution in [0.5, 0.6) is 11.5 Å². The number of imidazole rings is 1. The number of aromatic nitrogens is 2. The summed E-state index contributed by atoms with van der Waals surface area (Å²) in [6.45, 7) is 5.39. The molecule has 0 amide bonds. The van der Waals surface area contributed by atoms with E-state index in [2.05, 4.69) is 46.1 Å². The van der Waals surface area contributed by atoms with Crippen molar-refractivity contribution in [1.82, 2.24) is 19.8 Å². The van der Waals surface area contributed by atoms with E-state index in [9.17, 15) is 0 Å². The molecule has 0 unspecified atom stereocenters. The van der Waals surface area contributed by atoms with Crippen LogP contribution in [0.25, 0.3) is 0 Å². The molecule has 1 aromatic carbocycles. The highest BCUT2D eigenvalue weighted by Gasteiger charge is 2.07. The minimum atomic E-state index is 0.587. The van der Waals surface area contributed by atoms with Crippen LogP contribution in [0.2, 0.25) is 0 Å². The molecule has 1 aromatic heterocycles.